The number of benzene rings is 3. The third-order valence-electron chi connectivity index (χ3n) is 8.31. The lowest BCUT2D eigenvalue weighted by molar-refractivity contribution is -0.120. The number of sulfonamides is 1. The number of carbonyl (C=O) groups is 1. The summed E-state index contributed by atoms with van der Waals surface area (Å²) in [6.07, 6.45) is 3.55. The predicted molar refractivity (Wildman–Crippen MR) is 155 cm³/mol. The zero-order valence-electron chi connectivity index (χ0n) is 23.4. The molecule has 6 rings (SSSR count). The van der Waals surface area contributed by atoms with E-state index in [1.165, 1.54) is 24.3 Å². The smallest absolute Gasteiger partial charge is 0.273 e. The number of aromatic nitrogens is 2. The van der Waals surface area contributed by atoms with E-state index in [9.17, 15) is 13.2 Å². The van der Waals surface area contributed by atoms with Gasteiger partial charge in [-0.05, 0) is 61.1 Å². The van der Waals surface area contributed by atoms with Crippen molar-refractivity contribution in [3.05, 3.63) is 113 Å². The summed E-state index contributed by atoms with van der Waals surface area (Å²) in [4.78, 5) is 20.0. The normalized spacial score (nSPS) is 21.0. The van der Waals surface area contributed by atoms with Gasteiger partial charge in [-0.15, -0.1) is 0 Å². The van der Waals surface area contributed by atoms with Crippen molar-refractivity contribution in [3.8, 4) is 0 Å². The number of carbonyl (C=O) groups excluding carboxylic acids is 1. The third kappa shape index (κ3) is 5.48. The lowest BCUT2D eigenvalue weighted by Crippen LogP contribution is -2.36. The molecular formula is C32H32F2N4O3S. The van der Waals surface area contributed by atoms with Gasteiger partial charge in [0.15, 0.2) is 0 Å². The summed E-state index contributed by atoms with van der Waals surface area (Å²) < 4.78 is 61.2. The minimum absolute atomic E-state index is 0.0652. The fourth-order valence-corrected chi connectivity index (χ4v) is 7.02. The van der Waals surface area contributed by atoms with Crippen LogP contribution in [-0.2, 0) is 34.3 Å². The van der Waals surface area contributed by atoms with Crippen molar-refractivity contribution in [2.45, 2.75) is 55.5 Å². The van der Waals surface area contributed by atoms with Gasteiger partial charge in [-0.3, -0.25) is 4.79 Å². The number of nitrogens with one attached hydrogen (secondary N) is 1. The summed E-state index contributed by atoms with van der Waals surface area (Å²) in [6.45, 7) is 2.00. The topological polar surface area (TPSA) is 84.3 Å². The second kappa shape index (κ2) is 10.7. The number of halogens is 2. The molecule has 1 fully saturated rings. The molecular weight excluding hydrogens is 558 g/mol. The highest BCUT2D eigenvalue weighted by Gasteiger charge is 2.47. The maximum atomic E-state index is 15.1. The van der Waals surface area contributed by atoms with E-state index in [1.54, 1.807) is 35.5 Å². The number of nitrogens with zero attached hydrogens (tertiary/aromatic N) is 3. The van der Waals surface area contributed by atoms with Gasteiger partial charge in [0.2, 0.25) is 15.9 Å². The maximum Gasteiger partial charge on any atom is 0.273 e. The van der Waals surface area contributed by atoms with Crippen LogP contribution in [0.5, 0.6) is 0 Å². The Hall–Kier alpha value is -3.89. The van der Waals surface area contributed by atoms with Crippen molar-refractivity contribution < 1.29 is 22.0 Å². The number of imidazole rings is 1. The number of anilines is 1. The summed E-state index contributed by atoms with van der Waals surface area (Å²) >= 11 is 0. The van der Waals surface area contributed by atoms with Crippen molar-refractivity contribution in [2.24, 2.45) is 13.0 Å². The molecule has 1 N–H and O–H groups in total. The number of amides is 1. The molecule has 3 aromatic carbocycles. The van der Waals surface area contributed by atoms with E-state index in [0.717, 1.165) is 11.1 Å². The molecule has 1 heterocycles. The van der Waals surface area contributed by atoms with Gasteiger partial charge in [0.05, 0.1) is 11.4 Å². The third-order valence-corrected chi connectivity index (χ3v) is 9.80. The molecule has 1 saturated carbocycles. The van der Waals surface area contributed by atoms with Crippen molar-refractivity contribution in [1.29, 1.82) is 0 Å². The molecule has 1 amide bonds. The Bertz CT molecular complexity index is 1720. The van der Waals surface area contributed by atoms with E-state index in [0.29, 0.717) is 17.9 Å². The molecule has 3 atom stereocenters. The minimum Gasteiger partial charge on any atom is -0.337 e. The molecule has 1 aromatic heterocycles. The first-order valence-electron chi connectivity index (χ1n) is 14.0. The van der Waals surface area contributed by atoms with Crippen LogP contribution in [-0.4, -0.2) is 23.9 Å². The quantitative estimate of drug-likeness (QED) is 0.274. The second-order valence-corrected chi connectivity index (χ2v) is 13.0. The van der Waals surface area contributed by atoms with Gasteiger partial charge in [0.25, 0.3) is 5.92 Å². The average molecular weight is 591 g/mol. The second-order valence-electron chi connectivity index (χ2n) is 11.2. The molecule has 10 heteroatoms. The maximum absolute atomic E-state index is 15.1. The first-order chi connectivity index (χ1) is 20.0. The Labute approximate surface area is 244 Å². The molecule has 0 saturated heterocycles. The number of alkyl halides is 2. The summed E-state index contributed by atoms with van der Waals surface area (Å²) in [5.41, 5.74) is 2.37. The largest absolute Gasteiger partial charge is 0.337 e. The van der Waals surface area contributed by atoms with Crippen LogP contribution in [0.1, 0.15) is 59.3 Å². The molecule has 4 aromatic rings. The molecule has 0 unspecified atom stereocenters. The molecule has 218 valence electrons. The fourth-order valence-electron chi connectivity index (χ4n) is 5.77. The monoisotopic (exact) mass is 590 g/mol. The minimum atomic E-state index is -3.98. The Morgan fingerprint density at radius 1 is 1.10 bits per heavy atom. The van der Waals surface area contributed by atoms with E-state index < -0.39 is 28.4 Å². The zero-order valence-corrected chi connectivity index (χ0v) is 24.2. The van der Waals surface area contributed by atoms with Gasteiger partial charge in [0, 0.05) is 49.1 Å². The highest BCUT2D eigenvalue weighted by atomic mass is 32.2. The average Bonchev–Trinajstić information content (AvgIpc) is 3.68. The van der Waals surface area contributed by atoms with E-state index in [1.807, 2.05) is 48.9 Å². The lowest BCUT2D eigenvalue weighted by atomic mass is 9.85. The summed E-state index contributed by atoms with van der Waals surface area (Å²) in [5.74, 6) is -2.77. The van der Waals surface area contributed by atoms with Crippen LogP contribution in [0.25, 0.3) is 0 Å². The Balaban J connectivity index is 1.36. The Morgan fingerprint density at radius 2 is 1.83 bits per heavy atom. The molecule has 42 heavy (non-hydrogen) atoms. The van der Waals surface area contributed by atoms with Crippen LogP contribution in [0.3, 0.4) is 0 Å². The predicted octanol–water partition coefficient (Wildman–Crippen LogP) is 5.97. The van der Waals surface area contributed by atoms with E-state index in [-0.39, 0.29) is 46.7 Å². The lowest BCUT2D eigenvalue weighted by Gasteiger charge is -2.33. The fraction of sp³-hybridized carbons (Fsp3) is 0.312. The number of fused-ring (bicyclic) bond motifs is 1. The Morgan fingerprint density at radius 3 is 2.52 bits per heavy atom. The standard InChI is InChI=1S/C32H32F2N4O3S/c1-21-8-11-24(12-9-21)42(40,41)36-29-14-15-32(33,34)28-13-10-23(18-27(28)29)38(20-30-35-16-17-37(30)2)31(39)26-19-25(26)22-6-4-3-5-7-22/h3-13,16-18,25-26,29,36H,14-15,19-20H2,1-2H3/t25-,26+,29-/m0/s1. The van der Waals surface area contributed by atoms with Crippen molar-refractivity contribution in [3.63, 3.8) is 0 Å². The zero-order chi connectivity index (χ0) is 29.6. The van der Waals surface area contributed by atoms with Crippen LogP contribution < -0.4 is 9.62 Å². The van der Waals surface area contributed by atoms with E-state index >= 15 is 8.78 Å². The number of aryl methyl sites for hydroxylation is 2. The molecule has 2 aliphatic carbocycles. The highest BCUT2D eigenvalue weighted by molar-refractivity contribution is 7.89. The number of hydrogen-bond donors (Lipinski definition) is 1. The van der Waals surface area contributed by atoms with Crippen LogP contribution in [0.2, 0.25) is 0 Å². The van der Waals surface area contributed by atoms with E-state index in [2.05, 4.69) is 9.71 Å². The van der Waals surface area contributed by atoms with Gasteiger partial charge in [-0.2, -0.15) is 0 Å². The first-order valence-corrected chi connectivity index (χ1v) is 15.5. The van der Waals surface area contributed by atoms with Crippen molar-refractivity contribution in [2.75, 3.05) is 4.90 Å². The van der Waals surface area contributed by atoms with Gasteiger partial charge >= 0.3 is 0 Å². The van der Waals surface area contributed by atoms with Crippen molar-refractivity contribution >= 4 is 21.6 Å². The van der Waals surface area contributed by atoms with Gasteiger partial charge in [0.1, 0.15) is 5.82 Å². The number of hydrogen-bond acceptors (Lipinski definition) is 4. The SMILES string of the molecule is Cc1ccc(S(=O)(=O)N[C@H]2CCC(F)(F)c3ccc(N(Cc4nccn4C)C(=O)[C@@H]4C[C@H]4c4ccccc4)cc32)cc1. The van der Waals surface area contributed by atoms with Crippen LogP contribution >= 0.6 is 0 Å². The van der Waals surface area contributed by atoms with Crippen LogP contribution in [0, 0.1) is 12.8 Å². The Kier molecular flexibility index (Phi) is 7.22. The number of rotatable bonds is 8. The van der Waals surface area contributed by atoms with Crippen LogP contribution in [0.15, 0.2) is 90.1 Å². The van der Waals surface area contributed by atoms with Gasteiger partial charge < -0.3 is 9.47 Å². The first kappa shape index (κ1) is 28.2. The summed E-state index contributed by atoms with van der Waals surface area (Å²) in [7, 11) is -2.15. The molecule has 0 radical (unpaired) electrons. The molecule has 7 nitrogen and oxygen atoms in total. The molecule has 2 aliphatic rings. The molecule has 0 bridgehead atoms. The van der Waals surface area contributed by atoms with Crippen LogP contribution in [0.4, 0.5) is 14.5 Å². The van der Waals surface area contributed by atoms with Gasteiger partial charge in [-0.1, -0.05) is 54.1 Å². The molecule has 0 aliphatic heterocycles. The summed E-state index contributed by atoms with van der Waals surface area (Å²) in [5, 5.41) is 0. The highest BCUT2D eigenvalue weighted by Crippen LogP contribution is 2.50. The molecule has 0 spiro atoms. The van der Waals surface area contributed by atoms with E-state index in [4.69, 9.17) is 0 Å². The summed E-state index contributed by atoms with van der Waals surface area (Å²) in [6, 6.07) is 19.7. The van der Waals surface area contributed by atoms with Gasteiger partial charge in [-0.25, -0.2) is 26.9 Å². The van der Waals surface area contributed by atoms with Crippen molar-refractivity contribution in [1.82, 2.24) is 14.3 Å².